The maximum absolute atomic E-state index is 12.8. The van der Waals surface area contributed by atoms with E-state index in [0.717, 1.165) is 21.4 Å². The molecule has 1 N–H and O–H groups in total. The lowest BCUT2D eigenvalue weighted by Crippen LogP contribution is -2.13. The van der Waals surface area contributed by atoms with E-state index < -0.39 is 0 Å². The first kappa shape index (κ1) is 18.2. The molecule has 4 aromatic rings. The van der Waals surface area contributed by atoms with Gasteiger partial charge in [-0.3, -0.25) is 9.59 Å². The van der Waals surface area contributed by atoms with Crippen LogP contribution >= 0.6 is 11.3 Å². The molecule has 2 aromatic carbocycles. The van der Waals surface area contributed by atoms with Crippen molar-refractivity contribution >= 4 is 39.7 Å². The maximum Gasteiger partial charge on any atom is 0.229 e. The molecule has 0 fully saturated rings. The van der Waals surface area contributed by atoms with E-state index in [9.17, 15) is 9.59 Å². The number of carbonyl (C=O) groups is 2. The Bertz CT molecular complexity index is 1150. The monoisotopic (exact) mass is 389 g/mol. The summed E-state index contributed by atoms with van der Waals surface area (Å²) in [5.74, 6) is 0.122. The number of rotatable bonds is 5. The summed E-state index contributed by atoms with van der Waals surface area (Å²) < 4.78 is 5.83. The largest absolute Gasteiger partial charge is 0.452 e. The van der Waals surface area contributed by atoms with Crippen LogP contribution in [0, 0.1) is 13.8 Å². The van der Waals surface area contributed by atoms with Gasteiger partial charge in [-0.1, -0.05) is 35.9 Å². The molecule has 2 heterocycles. The Morgan fingerprint density at radius 3 is 2.54 bits per heavy atom. The second-order valence-corrected chi connectivity index (χ2v) is 7.80. The maximum atomic E-state index is 12.8. The SMILES string of the molecule is Cc1ccc(C(=O)c2oc3ccc(NC(=O)Cc4cccs4)cc3c2C)cc1. The van der Waals surface area contributed by atoms with Crippen LogP contribution < -0.4 is 5.32 Å². The molecule has 0 atom stereocenters. The Kier molecular flexibility index (Phi) is 4.84. The zero-order valence-corrected chi connectivity index (χ0v) is 16.4. The van der Waals surface area contributed by atoms with E-state index in [1.165, 1.54) is 0 Å². The number of benzene rings is 2. The third kappa shape index (κ3) is 3.62. The third-order valence-electron chi connectivity index (χ3n) is 4.65. The van der Waals surface area contributed by atoms with Crippen molar-refractivity contribution in [3.8, 4) is 0 Å². The first-order valence-electron chi connectivity index (χ1n) is 8.98. The van der Waals surface area contributed by atoms with E-state index in [1.807, 2.05) is 49.6 Å². The van der Waals surface area contributed by atoms with Crippen molar-refractivity contribution in [2.45, 2.75) is 20.3 Å². The van der Waals surface area contributed by atoms with Gasteiger partial charge in [-0.25, -0.2) is 0 Å². The molecule has 4 nitrogen and oxygen atoms in total. The van der Waals surface area contributed by atoms with Crippen molar-refractivity contribution in [3.63, 3.8) is 0 Å². The van der Waals surface area contributed by atoms with Gasteiger partial charge < -0.3 is 9.73 Å². The molecule has 1 amide bonds. The molecule has 0 saturated heterocycles. The van der Waals surface area contributed by atoms with Crippen molar-refractivity contribution in [3.05, 3.63) is 87.3 Å². The van der Waals surface area contributed by atoms with Gasteiger partial charge in [-0.05, 0) is 43.5 Å². The van der Waals surface area contributed by atoms with Gasteiger partial charge in [-0.2, -0.15) is 0 Å². The van der Waals surface area contributed by atoms with Crippen molar-refractivity contribution < 1.29 is 14.0 Å². The third-order valence-corrected chi connectivity index (χ3v) is 5.53. The quantitative estimate of drug-likeness (QED) is 0.457. The zero-order valence-electron chi connectivity index (χ0n) is 15.6. The van der Waals surface area contributed by atoms with Crippen LogP contribution in [-0.4, -0.2) is 11.7 Å². The van der Waals surface area contributed by atoms with Crippen molar-refractivity contribution in [2.24, 2.45) is 0 Å². The van der Waals surface area contributed by atoms with E-state index in [-0.39, 0.29) is 11.7 Å². The van der Waals surface area contributed by atoms with E-state index >= 15 is 0 Å². The average Bonchev–Trinajstić information content (AvgIpc) is 3.30. The highest BCUT2D eigenvalue weighted by Crippen LogP contribution is 2.29. The van der Waals surface area contributed by atoms with Crippen LogP contribution in [0.3, 0.4) is 0 Å². The molecule has 140 valence electrons. The predicted molar refractivity (Wildman–Crippen MR) is 112 cm³/mol. The Balaban J connectivity index is 1.59. The number of anilines is 1. The molecule has 28 heavy (non-hydrogen) atoms. The molecule has 0 aliphatic rings. The number of amides is 1. The minimum atomic E-state index is -0.142. The zero-order chi connectivity index (χ0) is 19.7. The molecule has 0 radical (unpaired) electrons. The fourth-order valence-corrected chi connectivity index (χ4v) is 3.83. The molecule has 0 aliphatic heterocycles. The Labute approximate surface area is 166 Å². The normalized spacial score (nSPS) is 10.9. The number of hydrogen-bond acceptors (Lipinski definition) is 4. The number of fused-ring (bicyclic) bond motifs is 1. The first-order chi connectivity index (χ1) is 13.5. The van der Waals surface area contributed by atoms with E-state index in [0.29, 0.717) is 29.0 Å². The van der Waals surface area contributed by atoms with Gasteiger partial charge in [0.05, 0.1) is 6.42 Å². The molecule has 5 heteroatoms. The number of carbonyl (C=O) groups excluding carboxylic acids is 2. The molecule has 2 aromatic heterocycles. The Morgan fingerprint density at radius 2 is 1.82 bits per heavy atom. The Morgan fingerprint density at radius 1 is 1.04 bits per heavy atom. The lowest BCUT2D eigenvalue weighted by Gasteiger charge is -2.04. The number of hydrogen-bond donors (Lipinski definition) is 1. The topological polar surface area (TPSA) is 59.3 Å². The molecule has 0 aliphatic carbocycles. The summed E-state index contributed by atoms with van der Waals surface area (Å²) in [6.07, 6.45) is 0.344. The molecule has 0 saturated carbocycles. The van der Waals surface area contributed by atoms with Crippen LogP contribution in [0.5, 0.6) is 0 Å². The van der Waals surface area contributed by atoms with Crippen molar-refractivity contribution in [1.82, 2.24) is 0 Å². The second-order valence-electron chi connectivity index (χ2n) is 6.77. The molecule has 0 unspecified atom stereocenters. The number of ketones is 1. The van der Waals surface area contributed by atoms with Crippen LogP contribution in [0.1, 0.15) is 32.1 Å². The van der Waals surface area contributed by atoms with Crippen LogP contribution in [0.4, 0.5) is 5.69 Å². The van der Waals surface area contributed by atoms with E-state index in [1.54, 1.807) is 35.6 Å². The summed E-state index contributed by atoms with van der Waals surface area (Å²) in [5, 5.41) is 5.70. The smallest absolute Gasteiger partial charge is 0.229 e. The molecular formula is C23H19NO3S. The van der Waals surface area contributed by atoms with Gasteiger partial charge in [-0.15, -0.1) is 11.3 Å². The minimum Gasteiger partial charge on any atom is -0.452 e. The predicted octanol–water partition coefficient (Wildman–Crippen LogP) is 5.52. The highest BCUT2D eigenvalue weighted by molar-refractivity contribution is 7.10. The van der Waals surface area contributed by atoms with Crippen molar-refractivity contribution in [1.29, 1.82) is 0 Å². The number of thiophene rings is 1. The summed E-state index contributed by atoms with van der Waals surface area (Å²) in [7, 11) is 0. The van der Waals surface area contributed by atoms with Gasteiger partial charge >= 0.3 is 0 Å². The summed E-state index contributed by atoms with van der Waals surface area (Å²) in [6, 6.07) is 16.7. The Hall–Kier alpha value is -3.18. The van der Waals surface area contributed by atoms with E-state index in [4.69, 9.17) is 4.42 Å². The molecular weight excluding hydrogens is 370 g/mol. The molecule has 0 bridgehead atoms. The standard InChI is InChI=1S/C23H19NO3S/c1-14-5-7-16(8-6-14)22(26)23-15(2)19-12-17(9-10-20(19)27-23)24-21(25)13-18-4-3-11-28-18/h3-12H,13H2,1-2H3,(H,24,25). The van der Waals surface area contributed by atoms with Gasteiger partial charge in [0.2, 0.25) is 11.7 Å². The summed E-state index contributed by atoms with van der Waals surface area (Å²) in [5.41, 5.74) is 3.78. The summed E-state index contributed by atoms with van der Waals surface area (Å²) >= 11 is 1.56. The van der Waals surface area contributed by atoms with Gasteiger partial charge in [0.1, 0.15) is 5.58 Å². The number of furan rings is 1. The van der Waals surface area contributed by atoms with Crippen molar-refractivity contribution in [2.75, 3.05) is 5.32 Å². The summed E-state index contributed by atoms with van der Waals surface area (Å²) in [6.45, 7) is 3.85. The highest BCUT2D eigenvalue weighted by atomic mass is 32.1. The van der Waals surface area contributed by atoms with Crippen LogP contribution in [0.25, 0.3) is 11.0 Å². The average molecular weight is 389 g/mol. The number of aryl methyl sites for hydroxylation is 2. The minimum absolute atomic E-state index is 0.0705. The van der Waals surface area contributed by atoms with Crippen LogP contribution in [0.15, 0.2) is 64.4 Å². The second kappa shape index (κ2) is 7.44. The lowest BCUT2D eigenvalue weighted by atomic mass is 10.0. The summed E-state index contributed by atoms with van der Waals surface area (Å²) in [4.78, 5) is 26.1. The molecule has 0 spiro atoms. The van der Waals surface area contributed by atoms with Gasteiger partial charge in [0.25, 0.3) is 0 Å². The molecule has 4 rings (SSSR count). The van der Waals surface area contributed by atoms with Crippen LogP contribution in [-0.2, 0) is 11.2 Å². The van der Waals surface area contributed by atoms with Gasteiger partial charge in [0, 0.05) is 27.1 Å². The van der Waals surface area contributed by atoms with E-state index in [2.05, 4.69) is 5.32 Å². The van der Waals surface area contributed by atoms with Gasteiger partial charge in [0.15, 0.2) is 5.76 Å². The first-order valence-corrected chi connectivity index (χ1v) is 9.86. The fourth-order valence-electron chi connectivity index (χ4n) is 3.13. The highest BCUT2D eigenvalue weighted by Gasteiger charge is 2.19. The van der Waals surface area contributed by atoms with Crippen LogP contribution in [0.2, 0.25) is 0 Å². The number of nitrogens with one attached hydrogen (secondary N) is 1. The fraction of sp³-hybridized carbons (Fsp3) is 0.130. The lowest BCUT2D eigenvalue weighted by molar-refractivity contribution is -0.115.